The molecule has 0 spiro atoms. The summed E-state index contributed by atoms with van der Waals surface area (Å²) in [7, 11) is 0. The number of nitrogens with one attached hydrogen (secondary N) is 1. The summed E-state index contributed by atoms with van der Waals surface area (Å²) >= 11 is 3.11. The highest BCUT2D eigenvalue weighted by Crippen LogP contribution is 2.28. The van der Waals surface area contributed by atoms with Crippen molar-refractivity contribution in [2.75, 3.05) is 11.9 Å². The molecule has 7 heteroatoms. The van der Waals surface area contributed by atoms with Gasteiger partial charge < -0.3 is 10.1 Å². The number of nitriles is 2. The number of hydrogen-bond acceptors (Lipinski definition) is 5. The van der Waals surface area contributed by atoms with E-state index < -0.39 is 11.8 Å². The van der Waals surface area contributed by atoms with Crippen LogP contribution in [0, 0.1) is 28.5 Å². The van der Waals surface area contributed by atoms with E-state index in [0.717, 1.165) is 12.3 Å². The van der Waals surface area contributed by atoms with Gasteiger partial charge >= 0.3 is 5.97 Å². The molecule has 0 fully saturated rings. The van der Waals surface area contributed by atoms with Crippen molar-refractivity contribution in [1.82, 2.24) is 0 Å². The Bertz CT molecular complexity index is 605. The predicted octanol–water partition coefficient (Wildman–Crippen LogP) is 3.11. The molecular weight excluding hydrogens is 329 g/mol. The molecule has 0 saturated heterocycles. The van der Waals surface area contributed by atoms with E-state index in [4.69, 9.17) is 15.3 Å². The molecule has 0 radical (unpaired) electrons. The van der Waals surface area contributed by atoms with Crippen LogP contribution in [0.25, 0.3) is 0 Å². The SMILES string of the molecule is CCOC(=O)c1cc(F)c(NC=C(C#N)C#N)c(Br)c1. The molecule has 20 heavy (non-hydrogen) atoms. The second-order valence-electron chi connectivity index (χ2n) is 3.46. The number of nitrogens with zero attached hydrogens (tertiary/aromatic N) is 2. The van der Waals surface area contributed by atoms with Crippen molar-refractivity contribution >= 4 is 27.6 Å². The maximum Gasteiger partial charge on any atom is 0.338 e. The van der Waals surface area contributed by atoms with E-state index in [1.54, 1.807) is 19.1 Å². The van der Waals surface area contributed by atoms with E-state index in [1.165, 1.54) is 6.07 Å². The minimum absolute atomic E-state index is 0.0149. The Morgan fingerprint density at radius 1 is 1.50 bits per heavy atom. The summed E-state index contributed by atoms with van der Waals surface area (Å²) in [6, 6.07) is 5.66. The summed E-state index contributed by atoms with van der Waals surface area (Å²) < 4.78 is 18.9. The first-order valence-electron chi connectivity index (χ1n) is 5.46. The number of hydrogen-bond donors (Lipinski definition) is 1. The monoisotopic (exact) mass is 337 g/mol. The molecule has 0 aliphatic carbocycles. The van der Waals surface area contributed by atoms with Gasteiger partial charge in [-0.05, 0) is 35.0 Å². The fourth-order valence-electron chi connectivity index (χ4n) is 1.28. The number of ether oxygens (including phenoxy) is 1. The minimum Gasteiger partial charge on any atom is -0.462 e. The minimum atomic E-state index is -0.714. The number of carbonyl (C=O) groups is 1. The predicted molar refractivity (Wildman–Crippen MR) is 73.0 cm³/mol. The zero-order valence-corrected chi connectivity index (χ0v) is 12.0. The number of benzene rings is 1. The number of rotatable bonds is 4. The van der Waals surface area contributed by atoms with Crippen LogP contribution in [0.2, 0.25) is 0 Å². The molecule has 1 aromatic rings. The van der Waals surface area contributed by atoms with E-state index in [1.807, 2.05) is 0 Å². The second-order valence-corrected chi connectivity index (χ2v) is 4.32. The Hall–Kier alpha value is -2.38. The lowest BCUT2D eigenvalue weighted by molar-refractivity contribution is 0.0526. The highest BCUT2D eigenvalue weighted by Gasteiger charge is 2.14. The fraction of sp³-hybridized carbons (Fsp3) is 0.154. The third kappa shape index (κ3) is 3.81. The van der Waals surface area contributed by atoms with Crippen molar-refractivity contribution in [3.05, 3.63) is 39.8 Å². The van der Waals surface area contributed by atoms with Gasteiger partial charge in [0.05, 0.1) is 17.9 Å². The molecule has 0 heterocycles. The first-order valence-corrected chi connectivity index (χ1v) is 6.25. The summed E-state index contributed by atoms with van der Waals surface area (Å²) in [6.45, 7) is 1.84. The summed E-state index contributed by atoms with van der Waals surface area (Å²) in [5, 5.41) is 19.6. The highest BCUT2D eigenvalue weighted by atomic mass is 79.9. The van der Waals surface area contributed by atoms with Gasteiger partial charge in [0.25, 0.3) is 0 Å². The van der Waals surface area contributed by atoms with Gasteiger partial charge in [-0.2, -0.15) is 10.5 Å². The standard InChI is InChI=1S/C13H9BrFN3O2/c1-2-20-13(19)9-3-10(14)12(11(15)4-9)18-7-8(5-16)6-17/h3-4,7,18H,2H2,1H3. The molecule has 0 atom stereocenters. The topological polar surface area (TPSA) is 85.9 Å². The molecule has 102 valence electrons. The number of allylic oxidation sites excluding steroid dienone is 1. The van der Waals surface area contributed by atoms with Crippen molar-refractivity contribution in [2.24, 2.45) is 0 Å². The van der Waals surface area contributed by atoms with Gasteiger partial charge in [0.15, 0.2) is 0 Å². The third-order valence-electron chi connectivity index (χ3n) is 2.15. The maximum atomic E-state index is 13.9. The molecule has 0 bridgehead atoms. The number of esters is 1. The fourth-order valence-corrected chi connectivity index (χ4v) is 1.83. The van der Waals surface area contributed by atoms with E-state index in [-0.39, 0.29) is 27.9 Å². The van der Waals surface area contributed by atoms with Crippen molar-refractivity contribution in [2.45, 2.75) is 6.92 Å². The van der Waals surface area contributed by atoms with Crippen LogP contribution in [-0.4, -0.2) is 12.6 Å². The Kier molecular flexibility index (Phi) is 5.70. The molecule has 0 aliphatic heterocycles. The van der Waals surface area contributed by atoms with Crippen molar-refractivity contribution in [3.8, 4) is 12.1 Å². The first-order chi connectivity index (χ1) is 9.53. The van der Waals surface area contributed by atoms with Crippen LogP contribution in [0.1, 0.15) is 17.3 Å². The molecule has 0 aromatic heterocycles. The van der Waals surface area contributed by atoms with Gasteiger partial charge in [-0.1, -0.05) is 0 Å². The van der Waals surface area contributed by atoms with E-state index >= 15 is 0 Å². The Balaban J connectivity index is 3.08. The van der Waals surface area contributed by atoms with E-state index in [9.17, 15) is 9.18 Å². The number of halogens is 2. The van der Waals surface area contributed by atoms with Gasteiger partial charge in [-0.15, -0.1) is 0 Å². The Morgan fingerprint density at radius 3 is 2.65 bits per heavy atom. The lowest BCUT2D eigenvalue weighted by Gasteiger charge is -2.08. The summed E-state index contributed by atoms with van der Waals surface area (Å²) in [6.07, 6.45) is 1.08. The van der Waals surface area contributed by atoms with Crippen LogP contribution in [0.5, 0.6) is 0 Å². The number of carbonyl (C=O) groups excluding carboxylic acids is 1. The van der Waals surface area contributed by atoms with Crippen molar-refractivity contribution < 1.29 is 13.9 Å². The largest absolute Gasteiger partial charge is 0.462 e. The van der Waals surface area contributed by atoms with Crippen molar-refractivity contribution in [1.29, 1.82) is 10.5 Å². The third-order valence-corrected chi connectivity index (χ3v) is 2.78. The normalized spacial score (nSPS) is 9.05. The summed E-state index contributed by atoms with van der Waals surface area (Å²) in [4.78, 5) is 11.5. The summed E-state index contributed by atoms with van der Waals surface area (Å²) in [5.74, 6) is -1.35. The lowest BCUT2D eigenvalue weighted by atomic mass is 10.2. The van der Waals surface area contributed by atoms with E-state index in [2.05, 4.69) is 21.2 Å². The molecule has 0 amide bonds. The van der Waals surface area contributed by atoms with Gasteiger partial charge in [0.2, 0.25) is 0 Å². The first kappa shape index (κ1) is 15.7. The van der Waals surface area contributed by atoms with Crippen LogP contribution < -0.4 is 5.32 Å². The smallest absolute Gasteiger partial charge is 0.338 e. The van der Waals surface area contributed by atoms with Crippen LogP contribution >= 0.6 is 15.9 Å². The lowest BCUT2D eigenvalue weighted by Crippen LogP contribution is -2.06. The number of anilines is 1. The molecule has 1 rings (SSSR count). The molecule has 1 N–H and O–H groups in total. The highest BCUT2D eigenvalue weighted by molar-refractivity contribution is 9.10. The molecule has 5 nitrogen and oxygen atoms in total. The molecular formula is C13H9BrFN3O2. The molecule has 0 saturated carbocycles. The van der Waals surface area contributed by atoms with Gasteiger partial charge in [-0.3, -0.25) is 0 Å². The quantitative estimate of drug-likeness (QED) is 0.673. The van der Waals surface area contributed by atoms with Crippen LogP contribution in [0.4, 0.5) is 10.1 Å². The van der Waals surface area contributed by atoms with Crippen molar-refractivity contribution in [3.63, 3.8) is 0 Å². The maximum absolute atomic E-state index is 13.9. The zero-order valence-electron chi connectivity index (χ0n) is 10.4. The van der Waals surface area contributed by atoms with Gasteiger partial charge in [0, 0.05) is 10.7 Å². The zero-order chi connectivity index (χ0) is 15.1. The average Bonchev–Trinajstić information content (AvgIpc) is 2.42. The van der Waals surface area contributed by atoms with Crippen LogP contribution in [0.3, 0.4) is 0 Å². The van der Waals surface area contributed by atoms with Gasteiger partial charge in [0.1, 0.15) is 23.5 Å². The average molecular weight is 338 g/mol. The van der Waals surface area contributed by atoms with Crippen LogP contribution in [0.15, 0.2) is 28.4 Å². The molecule has 0 aliphatic rings. The summed E-state index contributed by atoms with van der Waals surface area (Å²) in [5.41, 5.74) is -0.127. The van der Waals surface area contributed by atoms with E-state index in [0.29, 0.717) is 0 Å². The van der Waals surface area contributed by atoms with Crippen LogP contribution in [-0.2, 0) is 4.74 Å². The Morgan fingerprint density at radius 2 is 2.15 bits per heavy atom. The second kappa shape index (κ2) is 7.27. The molecule has 1 aromatic carbocycles. The van der Waals surface area contributed by atoms with Gasteiger partial charge in [-0.25, -0.2) is 9.18 Å². The molecule has 0 unspecified atom stereocenters. The Labute approximate surface area is 123 Å².